The highest BCUT2D eigenvalue weighted by atomic mass is 35.5. The first kappa shape index (κ1) is 27.4. The van der Waals surface area contributed by atoms with E-state index in [1.54, 1.807) is 0 Å². The molecule has 1 aliphatic heterocycles. The smallest absolute Gasteiger partial charge is 0.341 e. The van der Waals surface area contributed by atoms with Gasteiger partial charge in [-0.05, 0) is 49.4 Å². The monoisotopic (exact) mass is 584 g/mol. The molecule has 40 heavy (non-hydrogen) atoms. The largest absolute Gasteiger partial charge is 0.416 e. The highest BCUT2D eigenvalue weighted by Gasteiger charge is 2.38. The third kappa shape index (κ3) is 4.85. The highest BCUT2D eigenvalue weighted by Crippen LogP contribution is 2.43. The minimum atomic E-state index is -4.95. The van der Waals surface area contributed by atoms with Crippen molar-refractivity contribution in [3.63, 3.8) is 0 Å². The number of fused-ring (bicyclic) bond motifs is 3. The fourth-order valence-corrected chi connectivity index (χ4v) is 4.94. The van der Waals surface area contributed by atoms with Crippen LogP contribution < -0.4 is 10.6 Å². The molecule has 0 aliphatic carbocycles. The number of amides is 2. The topological polar surface area (TPSA) is 76.0 Å². The van der Waals surface area contributed by atoms with Crippen LogP contribution in [-0.2, 0) is 12.7 Å². The van der Waals surface area contributed by atoms with Crippen molar-refractivity contribution < 1.29 is 40.3 Å². The van der Waals surface area contributed by atoms with E-state index in [1.165, 1.54) is 19.1 Å². The first-order valence-corrected chi connectivity index (χ1v) is 11.9. The number of nitrogens with one attached hydrogen (secondary N) is 2. The first-order chi connectivity index (χ1) is 18.7. The second-order valence-electron chi connectivity index (χ2n) is 8.99. The Bertz CT molecular complexity index is 1700. The molecular formula is C26H16ClF7N4O2. The average Bonchev–Trinajstić information content (AvgIpc) is 3.36. The van der Waals surface area contributed by atoms with Crippen LogP contribution in [-0.4, -0.2) is 27.8 Å². The molecule has 0 radical (unpaired) electrons. The number of carbonyl (C=O) groups excluding carboxylic acids is 2. The van der Waals surface area contributed by atoms with Gasteiger partial charge >= 0.3 is 6.18 Å². The third-order valence-corrected chi connectivity index (χ3v) is 6.74. The molecule has 2 heterocycles. The van der Waals surface area contributed by atoms with Crippen LogP contribution in [0.25, 0.3) is 11.0 Å². The van der Waals surface area contributed by atoms with Crippen LogP contribution in [0, 0.1) is 18.6 Å². The van der Waals surface area contributed by atoms with Crippen LogP contribution in [0.5, 0.6) is 0 Å². The Kier molecular flexibility index (Phi) is 6.73. The molecule has 2 N–H and O–H groups in total. The summed E-state index contributed by atoms with van der Waals surface area (Å²) < 4.78 is 95.7. The van der Waals surface area contributed by atoms with Crippen molar-refractivity contribution in [1.82, 2.24) is 14.9 Å². The number of imidazole rings is 1. The van der Waals surface area contributed by atoms with Gasteiger partial charge in [0.1, 0.15) is 23.0 Å². The molecule has 0 unspecified atom stereocenters. The molecule has 1 aromatic heterocycles. The second-order valence-corrected chi connectivity index (χ2v) is 9.40. The second kappa shape index (κ2) is 9.81. The minimum Gasteiger partial charge on any atom is -0.341 e. The summed E-state index contributed by atoms with van der Waals surface area (Å²) in [4.78, 5) is 30.6. The van der Waals surface area contributed by atoms with Gasteiger partial charge in [0.05, 0.1) is 29.2 Å². The molecule has 0 saturated carbocycles. The van der Waals surface area contributed by atoms with E-state index in [9.17, 15) is 40.3 Å². The summed E-state index contributed by atoms with van der Waals surface area (Å²) in [6.45, 7) is 0.611. The summed E-state index contributed by atoms with van der Waals surface area (Å²) >= 11 is 6.27. The summed E-state index contributed by atoms with van der Waals surface area (Å²) in [6.07, 6.45) is -7.77. The van der Waals surface area contributed by atoms with Gasteiger partial charge in [-0.25, -0.2) is 22.5 Å². The molecule has 0 bridgehead atoms. The van der Waals surface area contributed by atoms with Gasteiger partial charge in [-0.1, -0.05) is 11.6 Å². The van der Waals surface area contributed by atoms with Gasteiger partial charge in [-0.3, -0.25) is 9.59 Å². The maximum absolute atomic E-state index is 14.2. The van der Waals surface area contributed by atoms with E-state index < -0.39 is 59.8 Å². The molecule has 0 fully saturated rings. The summed E-state index contributed by atoms with van der Waals surface area (Å²) in [7, 11) is 0. The number of halogens is 8. The van der Waals surface area contributed by atoms with Crippen molar-refractivity contribution in [3.8, 4) is 0 Å². The number of benzene rings is 3. The SMILES string of the molecule is Cc1nc2c3c(c(NC(=O)c4cc(F)cc(C(F)(F)F)c4)cc2n1CC(F)F)[C@@H](c1cc(F)ccc1Cl)NC3=O. The molecular weight excluding hydrogens is 569 g/mol. The van der Waals surface area contributed by atoms with Crippen molar-refractivity contribution in [2.75, 3.05) is 5.32 Å². The van der Waals surface area contributed by atoms with Gasteiger partial charge in [-0.2, -0.15) is 13.2 Å². The maximum atomic E-state index is 14.2. The Hall–Kier alpha value is -4.13. The zero-order valence-corrected chi connectivity index (χ0v) is 20.9. The Morgan fingerprint density at radius 2 is 1.85 bits per heavy atom. The number of aryl methyl sites for hydroxylation is 1. The van der Waals surface area contributed by atoms with Crippen molar-refractivity contribution in [1.29, 1.82) is 0 Å². The lowest BCUT2D eigenvalue weighted by molar-refractivity contribution is -0.137. The van der Waals surface area contributed by atoms with Crippen LogP contribution in [0.2, 0.25) is 5.02 Å². The van der Waals surface area contributed by atoms with E-state index in [0.29, 0.717) is 12.1 Å². The van der Waals surface area contributed by atoms with E-state index in [-0.39, 0.29) is 50.3 Å². The van der Waals surface area contributed by atoms with Gasteiger partial charge in [-0.15, -0.1) is 0 Å². The minimum absolute atomic E-state index is 0.00351. The molecule has 1 aliphatic rings. The lowest BCUT2D eigenvalue weighted by Gasteiger charge is -2.19. The Morgan fingerprint density at radius 1 is 1.12 bits per heavy atom. The zero-order valence-electron chi connectivity index (χ0n) is 20.1. The van der Waals surface area contributed by atoms with E-state index in [2.05, 4.69) is 15.6 Å². The molecule has 4 aromatic rings. The Balaban J connectivity index is 1.72. The Morgan fingerprint density at radius 3 is 2.52 bits per heavy atom. The van der Waals surface area contributed by atoms with Gasteiger partial charge in [0.15, 0.2) is 0 Å². The average molecular weight is 585 g/mol. The normalized spacial score (nSPS) is 15.1. The zero-order chi connectivity index (χ0) is 29.1. The number of carbonyl (C=O) groups is 2. The van der Waals surface area contributed by atoms with Gasteiger partial charge < -0.3 is 15.2 Å². The number of anilines is 1. The first-order valence-electron chi connectivity index (χ1n) is 11.5. The highest BCUT2D eigenvalue weighted by molar-refractivity contribution is 6.31. The van der Waals surface area contributed by atoms with Gasteiger partial charge in [0.2, 0.25) is 0 Å². The van der Waals surface area contributed by atoms with E-state index in [1.807, 2.05) is 0 Å². The number of hydrogen-bond donors (Lipinski definition) is 2. The number of rotatable bonds is 5. The lowest BCUT2D eigenvalue weighted by Crippen LogP contribution is -2.21. The summed E-state index contributed by atoms with van der Waals surface area (Å²) in [5.74, 6) is -3.85. The standard InChI is InChI=1S/C26H16ClF7N4O2/c1-10-35-23-18(38(10)9-19(30)31)8-17(36-24(39)11-4-12(26(32,33)34)6-14(29)5-11)20-21(23)25(40)37-22(20)15-7-13(28)2-3-16(15)27/h2-8,19,22H,9H2,1H3,(H,36,39)(H,37,40)/t22-/m1/s1. The van der Waals surface area contributed by atoms with Crippen molar-refractivity contribution in [3.05, 3.63) is 92.8 Å². The molecule has 208 valence electrons. The van der Waals surface area contributed by atoms with Crippen LogP contribution in [0.15, 0.2) is 42.5 Å². The van der Waals surface area contributed by atoms with Crippen molar-refractivity contribution in [2.24, 2.45) is 0 Å². The molecule has 0 saturated heterocycles. The van der Waals surface area contributed by atoms with Crippen LogP contribution in [0.4, 0.5) is 36.4 Å². The summed E-state index contributed by atoms with van der Waals surface area (Å²) in [6, 6.07) is 4.65. The molecule has 3 aromatic carbocycles. The quantitative estimate of drug-likeness (QED) is 0.258. The number of aromatic nitrogens is 2. The number of alkyl halides is 5. The maximum Gasteiger partial charge on any atom is 0.416 e. The Labute approximate surface area is 225 Å². The van der Waals surface area contributed by atoms with Crippen LogP contribution >= 0.6 is 11.6 Å². The van der Waals surface area contributed by atoms with Crippen molar-refractivity contribution in [2.45, 2.75) is 32.1 Å². The predicted molar refractivity (Wildman–Crippen MR) is 131 cm³/mol. The third-order valence-electron chi connectivity index (χ3n) is 6.39. The molecule has 0 spiro atoms. The fraction of sp³-hybridized carbons (Fsp3) is 0.192. The molecule has 6 nitrogen and oxygen atoms in total. The van der Waals surface area contributed by atoms with E-state index >= 15 is 0 Å². The fourth-order valence-electron chi connectivity index (χ4n) is 4.71. The van der Waals surface area contributed by atoms with E-state index in [4.69, 9.17) is 11.6 Å². The molecule has 14 heteroatoms. The van der Waals surface area contributed by atoms with Gasteiger partial charge in [0.25, 0.3) is 18.2 Å². The predicted octanol–water partition coefficient (Wildman–Crippen LogP) is 6.65. The van der Waals surface area contributed by atoms with Crippen molar-refractivity contribution >= 4 is 40.1 Å². The molecule has 1 atom stereocenters. The van der Waals surface area contributed by atoms with Gasteiger partial charge in [0, 0.05) is 27.4 Å². The molecule has 5 rings (SSSR count). The van der Waals surface area contributed by atoms with E-state index in [0.717, 1.165) is 16.7 Å². The lowest BCUT2D eigenvalue weighted by atomic mass is 9.95. The number of hydrogen-bond acceptors (Lipinski definition) is 3. The van der Waals surface area contributed by atoms with Crippen LogP contribution in [0.3, 0.4) is 0 Å². The van der Waals surface area contributed by atoms with Crippen LogP contribution in [0.1, 0.15) is 49.3 Å². The summed E-state index contributed by atoms with van der Waals surface area (Å²) in [5.41, 5.74) is -2.31. The molecule has 2 amide bonds. The summed E-state index contributed by atoms with van der Waals surface area (Å²) in [5, 5.41) is 5.02. The number of nitrogens with zero attached hydrogens (tertiary/aromatic N) is 2.